The SMILES string of the molecule is COc1c(C)c(F)cc2c(=O)c(C(=O)O)cn(C3C[C@@H]3F)c12. The van der Waals surface area contributed by atoms with Crippen LogP contribution in [-0.2, 0) is 0 Å². The first-order valence-electron chi connectivity index (χ1n) is 6.66. The normalized spacial score (nSPS) is 20.2. The van der Waals surface area contributed by atoms with Crippen molar-refractivity contribution in [3.8, 4) is 5.75 Å². The Hall–Kier alpha value is -2.44. The van der Waals surface area contributed by atoms with Crippen molar-refractivity contribution in [1.29, 1.82) is 0 Å². The highest BCUT2D eigenvalue weighted by atomic mass is 19.1. The highest BCUT2D eigenvalue weighted by Crippen LogP contribution is 2.43. The lowest BCUT2D eigenvalue weighted by atomic mass is 10.1. The van der Waals surface area contributed by atoms with Crippen LogP contribution in [-0.4, -0.2) is 28.9 Å². The van der Waals surface area contributed by atoms with E-state index in [4.69, 9.17) is 9.84 Å². The Bertz CT molecular complexity index is 859. The number of aromatic carboxylic acids is 1. The quantitative estimate of drug-likeness (QED) is 0.945. The molecule has 0 bridgehead atoms. The molecule has 0 aliphatic heterocycles. The van der Waals surface area contributed by atoms with Crippen LogP contribution in [0.15, 0.2) is 17.1 Å². The lowest BCUT2D eigenvalue weighted by molar-refractivity contribution is 0.0694. The highest BCUT2D eigenvalue weighted by Gasteiger charge is 2.40. The van der Waals surface area contributed by atoms with E-state index < -0.39 is 35.0 Å². The number of aromatic nitrogens is 1. The number of carbonyl (C=O) groups is 1. The van der Waals surface area contributed by atoms with Gasteiger partial charge in [-0.2, -0.15) is 0 Å². The molecule has 1 fully saturated rings. The molecule has 1 saturated carbocycles. The molecule has 1 aliphatic rings. The summed E-state index contributed by atoms with van der Waals surface area (Å²) in [6.07, 6.45) is 0.204. The molecule has 5 nitrogen and oxygen atoms in total. The summed E-state index contributed by atoms with van der Waals surface area (Å²) < 4.78 is 34.0. The highest BCUT2D eigenvalue weighted by molar-refractivity contribution is 5.95. The molecular formula is C15H13F2NO4. The summed E-state index contributed by atoms with van der Waals surface area (Å²) >= 11 is 0. The molecule has 3 rings (SSSR count). The van der Waals surface area contributed by atoms with Crippen LogP contribution in [0.2, 0.25) is 0 Å². The van der Waals surface area contributed by atoms with Gasteiger partial charge in [0.1, 0.15) is 23.3 Å². The van der Waals surface area contributed by atoms with Gasteiger partial charge in [-0.05, 0) is 13.0 Å². The fourth-order valence-corrected chi connectivity index (χ4v) is 2.65. The standard InChI is InChI=1S/C15H13F2NO4/c1-6-9(16)3-7-12(14(6)22-2)18(11-4-10(11)17)5-8(13(7)19)15(20)21/h3,5,10-11H,4H2,1-2H3,(H,20,21)/t10-,11?/m0/s1. The number of carboxylic acids is 1. The summed E-state index contributed by atoms with van der Waals surface area (Å²) in [4.78, 5) is 23.5. The molecule has 0 spiro atoms. The van der Waals surface area contributed by atoms with Gasteiger partial charge in [-0.25, -0.2) is 13.6 Å². The minimum absolute atomic E-state index is 0.114. The summed E-state index contributed by atoms with van der Waals surface area (Å²) in [5.41, 5.74) is -0.923. The van der Waals surface area contributed by atoms with Crippen molar-refractivity contribution in [2.75, 3.05) is 7.11 Å². The van der Waals surface area contributed by atoms with E-state index in [1.165, 1.54) is 18.6 Å². The first-order valence-corrected chi connectivity index (χ1v) is 6.66. The molecule has 1 aliphatic carbocycles. The first kappa shape index (κ1) is 14.5. The molecule has 1 N–H and O–H groups in total. The molecule has 1 aromatic heterocycles. The van der Waals surface area contributed by atoms with Crippen LogP contribution in [0, 0.1) is 12.7 Å². The topological polar surface area (TPSA) is 68.5 Å². The maximum Gasteiger partial charge on any atom is 0.341 e. The molecule has 22 heavy (non-hydrogen) atoms. The fourth-order valence-electron chi connectivity index (χ4n) is 2.65. The van der Waals surface area contributed by atoms with Crippen molar-refractivity contribution in [3.05, 3.63) is 39.4 Å². The predicted octanol–water partition coefficient (Wildman–Crippen LogP) is 2.44. The van der Waals surface area contributed by atoms with Crippen molar-refractivity contribution < 1.29 is 23.4 Å². The summed E-state index contributed by atoms with van der Waals surface area (Å²) in [6.45, 7) is 1.48. The molecule has 1 unspecified atom stereocenters. The number of pyridine rings is 1. The number of hydrogen-bond acceptors (Lipinski definition) is 3. The van der Waals surface area contributed by atoms with Gasteiger partial charge in [0.2, 0.25) is 5.43 Å². The summed E-state index contributed by atoms with van der Waals surface area (Å²) in [7, 11) is 1.32. The van der Waals surface area contributed by atoms with Crippen LogP contribution in [0.1, 0.15) is 28.4 Å². The molecule has 2 aromatic rings. The number of ether oxygens (including phenoxy) is 1. The van der Waals surface area contributed by atoms with E-state index in [0.717, 1.165) is 12.3 Å². The monoisotopic (exact) mass is 309 g/mol. The third-order valence-electron chi connectivity index (χ3n) is 3.93. The second-order valence-electron chi connectivity index (χ2n) is 5.32. The number of carboxylic acid groups (broad SMARTS) is 1. The Labute approximate surface area is 123 Å². The van der Waals surface area contributed by atoms with E-state index in [1.54, 1.807) is 0 Å². The number of hydrogen-bond donors (Lipinski definition) is 1. The maximum absolute atomic E-state index is 14.0. The number of alkyl halides is 1. The van der Waals surface area contributed by atoms with Crippen LogP contribution >= 0.6 is 0 Å². The second-order valence-corrected chi connectivity index (χ2v) is 5.32. The smallest absolute Gasteiger partial charge is 0.341 e. The van der Waals surface area contributed by atoms with Crippen LogP contribution in [0.3, 0.4) is 0 Å². The zero-order chi connectivity index (χ0) is 16.2. The predicted molar refractivity (Wildman–Crippen MR) is 75.0 cm³/mol. The van der Waals surface area contributed by atoms with Crippen LogP contribution in [0.4, 0.5) is 8.78 Å². The van der Waals surface area contributed by atoms with E-state index in [-0.39, 0.29) is 28.6 Å². The molecule has 1 aromatic carbocycles. The number of fused-ring (bicyclic) bond motifs is 1. The lowest BCUT2D eigenvalue weighted by Crippen LogP contribution is -2.20. The number of nitrogens with zero attached hydrogens (tertiary/aromatic N) is 1. The molecule has 0 amide bonds. The van der Waals surface area contributed by atoms with Crippen LogP contribution in [0.25, 0.3) is 10.9 Å². The van der Waals surface area contributed by atoms with Gasteiger partial charge in [-0.3, -0.25) is 4.79 Å². The number of benzene rings is 1. The Balaban J connectivity index is 2.50. The second kappa shape index (κ2) is 4.79. The zero-order valence-corrected chi connectivity index (χ0v) is 11.9. The Morgan fingerprint density at radius 1 is 1.50 bits per heavy atom. The minimum atomic E-state index is -1.43. The molecule has 1 heterocycles. The van der Waals surface area contributed by atoms with Gasteiger partial charge in [-0.1, -0.05) is 0 Å². The Morgan fingerprint density at radius 2 is 2.14 bits per heavy atom. The molecule has 7 heteroatoms. The van der Waals surface area contributed by atoms with Crippen molar-refractivity contribution in [2.24, 2.45) is 0 Å². The first-order chi connectivity index (χ1) is 10.4. The van der Waals surface area contributed by atoms with Gasteiger partial charge in [0, 0.05) is 18.2 Å². The largest absolute Gasteiger partial charge is 0.494 e. The van der Waals surface area contributed by atoms with Gasteiger partial charge in [0.05, 0.1) is 24.1 Å². The summed E-state index contributed by atoms with van der Waals surface area (Å²) in [5, 5.41) is 9.01. The average molecular weight is 309 g/mol. The molecule has 2 atom stereocenters. The van der Waals surface area contributed by atoms with Crippen LogP contribution in [0.5, 0.6) is 5.75 Å². The average Bonchev–Trinajstić information content (AvgIpc) is 3.18. The summed E-state index contributed by atoms with van der Waals surface area (Å²) in [6, 6.07) is 0.411. The molecule has 0 radical (unpaired) electrons. The van der Waals surface area contributed by atoms with E-state index in [1.807, 2.05) is 0 Å². The van der Waals surface area contributed by atoms with Gasteiger partial charge in [0.15, 0.2) is 0 Å². The van der Waals surface area contributed by atoms with Crippen molar-refractivity contribution in [2.45, 2.75) is 25.6 Å². The Kier molecular flexibility index (Phi) is 3.16. The van der Waals surface area contributed by atoms with Gasteiger partial charge < -0.3 is 14.4 Å². The van der Waals surface area contributed by atoms with Gasteiger partial charge >= 0.3 is 5.97 Å². The minimum Gasteiger partial charge on any atom is -0.494 e. The summed E-state index contributed by atoms with van der Waals surface area (Å²) in [5.74, 6) is -2.00. The zero-order valence-electron chi connectivity index (χ0n) is 11.9. The maximum atomic E-state index is 14.0. The van der Waals surface area contributed by atoms with Gasteiger partial charge in [-0.15, -0.1) is 0 Å². The van der Waals surface area contributed by atoms with Gasteiger partial charge in [0.25, 0.3) is 0 Å². The van der Waals surface area contributed by atoms with E-state index in [9.17, 15) is 18.4 Å². The lowest BCUT2D eigenvalue weighted by Gasteiger charge is -2.16. The molecular weight excluding hydrogens is 296 g/mol. The Morgan fingerprint density at radius 3 is 2.64 bits per heavy atom. The third kappa shape index (κ3) is 1.96. The third-order valence-corrected chi connectivity index (χ3v) is 3.93. The van der Waals surface area contributed by atoms with E-state index >= 15 is 0 Å². The fraction of sp³-hybridized carbons (Fsp3) is 0.333. The van der Waals surface area contributed by atoms with Crippen molar-refractivity contribution >= 4 is 16.9 Å². The number of methoxy groups -OCH3 is 1. The number of halogens is 2. The van der Waals surface area contributed by atoms with Crippen LogP contribution < -0.4 is 10.2 Å². The number of rotatable bonds is 3. The van der Waals surface area contributed by atoms with Crippen molar-refractivity contribution in [1.82, 2.24) is 4.57 Å². The van der Waals surface area contributed by atoms with E-state index in [0.29, 0.717) is 0 Å². The van der Waals surface area contributed by atoms with Crippen molar-refractivity contribution in [3.63, 3.8) is 0 Å². The molecule has 116 valence electrons. The molecule has 0 saturated heterocycles. The van der Waals surface area contributed by atoms with E-state index in [2.05, 4.69) is 0 Å².